The maximum Gasteiger partial charge on any atom is 0.137 e. The van der Waals surface area contributed by atoms with Crippen LogP contribution < -0.4 is 24.9 Å². The molecule has 0 saturated heterocycles. The SMILES string of the molecule is C[Si](C)(C)c1cc(Oc2ccc3c4ccccc4n(-c4cc([Si](C)(C)C)ccn4)c3c2)cc(N2C=CN(c3ccccc3)C2)c1. The second-order valence-electron chi connectivity index (χ2n) is 14.0. The van der Waals surface area contributed by atoms with Crippen molar-refractivity contribution >= 4 is 59.7 Å². The lowest BCUT2D eigenvalue weighted by atomic mass is 10.1. The molecule has 3 heterocycles. The van der Waals surface area contributed by atoms with Gasteiger partial charge in [0.05, 0.1) is 33.8 Å². The van der Waals surface area contributed by atoms with Crippen LogP contribution in [0.2, 0.25) is 39.3 Å². The van der Waals surface area contributed by atoms with E-state index in [1.807, 2.05) is 6.20 Å². The fourth-order valence-corrected chi connectivity index (χ4v) is 8.31. The molecule has 0 N–H and O–H groups in total. The molecule has 0 fully saturated rings. The van der Waals surface area contributed by atoms with Gasteiger partial charge in [-0.2, -0.15) is 0 Å². The Balaban J connectivity index is 1.29. The molecule has 2 aromatic heterocycles. The lowest BCUT2D eigenvalue weighted by Gasteiger charge is -2.25. The average molecular weight is 625 g/mol. The zero-order valence-corrected chi connectivity index (χ0v) is 29.0. The number of fused-ring (bicyclic) bond motifs is 3. The number of benzene rings is 4. The topological polar surface area (TPSA) is 33.5 Å². The Kier molecular flexibility index (Phi) is 7.18. The summed E-state index contributed by atoms with van der Waals surface area (Å²) in [4.78, 5) is 9.42. The van der Waals surface area contributed by atoms with Crippen LogP contribution >= 0.6 is 0 Å². The van der Waals surface area contributed by atoms with Gasteiger partial charge in [0.15, 0.2) is 0 Å². The van der Waals surface area contributed by atoms with Gasteiger partial charge in [-0.25, -0.2) is 4.98 Å². The van der Waals surface area contributed by atoms with E-state index >= 15 is 0 Å². The standard InChI is InChI=1S/C38H40N4OSi2/c1-44(2,3)32-18-19-39-38(26-32)42-36-15-11-10-14-34(36)35-17-16-30(25-37(35)42)43-31-22-29(23-33(24-31)45(4,5)6)41-21-20-40(27-41)28-12-8-7-9-13-28/h7-26H,27H2,1-6H3. The lowest BCUT2D eigenvalue weighted by molar-refractivity contribution is 0.484. The van der Waals surface area contributed by atoms with Crippen molar-refractivity contribution in [3.8, 4) is 17.3 Å². The Morgan fingerprint density at radius 1 is 0.578 bits per heavy atom. The number of aromatic nitrogens is 2. The highest BCUT2D eigenvalue weighted by Gasteiger charge is 2.23. The van der Waals surface area contributed by atoms with Crippen molar-refractivity contribution in [1.29, 1.82) is 0 Å². The number of rotatable bonds is 7. The summed E-state index contributed by atoms with van der Waals surface area (Å²) in [5.74, 6) is 2.62. The van der Waals surface area contributed by atoms with Crippen molar-refractivity contribution in [2.75, 3.05) is 16.5 Å². The summed E-state index contributed by atoms with van der Waals surface area (Å²) < 4.78 is 9.02. The Hall–Kier alpha value is -4.60. The predicted molar refractivity (Wildman–Crippen MR) is 196 cm³/mol. The number of hydrogen-bond acceptors (Lipinski definition) is 4. The van der Waals surface area contributed by atoms with Gasteiger partial charge >= 0.3 is 0 Å². The van der Waals surface area contributed by atoms with Crippen LogP contribution in [0.15, 0.2) is 122 Å². The molecule has 1 aliphatic rings. The molecule has 0 unspecified atom stereocenters. The number of para-hydroxylation sites is 2. The summed E-state index contributed by atoms with van der Waals surface area (Å²) in [7, 11) is -3.16. The van der Waals surface area contributed by atoms with Crippen LogP contribution in [0.25, 0.3) is 27.6 Å². The number of hydrogen-bond donors (Lipinski definition) is 0. The third-order valence-corrected chi connectivity index (χ3v) is 12.7. The number of ether oxygens (including phenoxy) is 1. The van der Waals surface area contributed by atoms with Gasteiger partial charge in [0.1, 0.15) is 17.3 Å². The highest BCUT2D eigenvalue weighted by Crippen LogP contribution is 2.36. The molecule has 1 aliphatic heterocycles. The third kappa shape index (κ3) is 5.69. The molecule has 0 spiro atoms. The summed E-state index contributed by atoms with van der Waals surface area (Å²) in [5.41, 5.74) is 4.57. The summed E-state index contributed by atoms with van der Waals surface area (Å²) in [6, 6.07) is 36.8. The molecule has 0 saturated carbocycles. The van der Waals surface area contributed by atoms with Crippen LogP contribution in [0.1, 0.15) is 0 Å². The largest absolute Gasteiger partial charge is 0.457 e. The second kappa shape index (κ2) is 11.1. The predicted octanol–water partition coefficient (Wildman–Crippen LogP) is 8.82. The van der Waals surface area contributed by atoms with Crippen LogP contribution in [0.5, 0.6) is 11.5 Å². The minimum absolute atomic E-state index is 0.758. The van der Waals surface area contributed by atoms with Crippen LogP contribution in [0.4, 0.5) is 11.4 Å². The van der Waals surface area contributed by atoms with Gasteiger partial charge < -0.3 is 14.5 Å². The molecule has 226 valence electrons. The first-order valence-electron chi connectivity index (χ1n) is 15.6. The van der Waals surface area contributed by atoms with E-state index in [-0.39, 0.29) is 0 Å². The molecular formula is C38H40N4OSi2. The smallest absolute Gasteiger partial charge is 0.137 e. The Morgan fingerprint density at radius 3 is 2.02 bits per heavy atom. The van der Waals surface area contributed by atoms with Crippen molar-refractivity contribution in [2.45, 2.75) is 39.3 Å². The normalized spacial score (nSPS) is 13.7. The monoisotopic (exact) mass is 624 g/mol. The van der Waals surface area contributed by atoms with E-state index < -0.39 is 16.1 Å². The fraction of sp³-hybridized carbons (Fsp3) is 0.184. The van der Waals surface area contributed by atoms with E-state index in [9.17, 15) is 0 Å². The van der Waals surface area contributed by atoms with Gasteiger partial charge in [0.25, 0.3) is 0 Å². The maximum absolute atomic E-state index is 6.73. The molecule has 0 radical (unpaired) electrons. The lowest BCUT2D eigenvalue weighted by Crippen LogP contribution is -2.38. The van der Waals surface area contributed by atoms with Crippen molar-refractivity contribution < 1.29 is 4.74 Å². The molecule has 0 amide bonds. The van der Waals surface area contributed by atoms with Gasteiger partial charge in [-0.15, -0.1) is 0 Å². The zero-order valence-electron chi connectivity index (χ0n) is 27.0. The quantitative estimate of drug-likeness (QED) is 0.166. The van der Waals surface area contributed by atoms with E-state index in [0.717, 1.165) is 40.7 Å². The Labute approximate surface area is 268 Å². The molecule has 7 rings (SSSR count). The van der Waals surface area contributed by atoms with Gasteiger partial charge in [-0.1, -0.05) is 86.1 Å². The summed E-state index contributed by atoms with van der Waals surface area (Å²) in [5, 5.41) is 5.16. The number of nitrogens with zero attached hydrogens (tertiary/aromatic N) is 4. The molecular weight excluding hydrogens is 585 g/mol. The molecule has 7 heteroatoms. The summed E-state index contributed by atoms with van der Waals surface area (Å²) >= 11 is 0. The second-order valence-corrected chi connectivity index (χ2v) is 24.1. The molecule has 0 atom stereocenters. The maximum atomic E-state index is 6.73. The van der Waals surface area contributed by atoms with Crippen LogP contribution in [-0.2, 0) is 0 Å². The first-order chi connectivity index (χ1) is 21.5. The van der Waals surface area contributed by atoms with E-state index in [0.29, 0.717) is 0 Å². The molecule has 5 nitrogen and oxygen atoms in total. The minimum Gasteiger partial charge on any atom is -0.457 e. The summed E-state index contributed by atoms with van der Waals surface area (Å²) in [6.45, 7) is 15.1. The van der Waals surface area contributed by atoms with E-state index in [1.54, 1.807) is 0 Å². The van der Waals surface area contributed by atoms with E-state index in [4.69, 9.17) is 9.72 Å². The first-order valence-corrected chi connectivity index (χ1v) is 22.6. The van der Waals surface area contributed by atoms with Gasteiger partial charge in [-0.3, -0.25) is 4.57 Å². The van der Waals surface area contributed by atoms with Crippen LogP contribution in [0.3, 0.4) is 0 Å². The summed E-state index contributed by atoms with van der Waals surface area (Å²) in [6.07, 6.45) is 6.26. The average Bonchev–Trinajstić information content (AvgIpc) is 3.64. The van der Waals surface area contributed by atoms with Crippen molar-refractivity contribution in [2.24, 2.45) is 0 Å². The number of anilines is 2. The minimum atomic E-state index is -1.64. The van der Waals surface area contributed by atoms with Crippen LogP contribution in [0, 0.1) is 0 Å². The third-order valence-electron chi connectivity index (χ3n) is 8.63. The van der Waals surface area contributed by atoms with E-state index in [2.05, 4.69) is 169 Å². The fourth-order valence-electron chi connectivity index (χ4n) is 6.02. The molecule has 0 aliphatic carbocycles. The highest BCUT2D eigenvalue weighted by molar-refractivity contribution is 6.89. The Morgan fingerprint density at radius 2 is 1.27 bits per heavy atom. The van der Waals surface area contributed by atoms with Gasteiger partial charge in [0.2, 0.25) is 0 Å². The van der Waals surface area contributed by atoms with E-state index in [1.165, 1.54) is 26.8 Å². The number of pyridine rings is 1. The van der Waals surface area contributed by atoms with Crippen molar-refractivity contribution in [3.05, 3.63) is 122 Å². The van der Waals surface area contributed by atoms with Crippen molar-refractivity contribution in [1.82, 2.24) is 9.55 Å². The molecule has 45 heavy (non-hydrogen) atoms. The Bertz CT molecular complexity index is 2050. The van der Waals surface area contributed by atoms with Gasteiger partial charge in [0, 0.05) is 52.9 Å². The zero-order chi connectivity index (χ0) is 31.3. The molecule has 6 aromatic rings. The van der Waals surface area contributed by atoms with Crippen molar-refractivity contribution in [3.63, 3.8) is 0 Å². The highest BCUT2D eigenvalue weighted by atomic mass is 28.3. The van der Waals surface area contributed by atoms with Crippen LogP contribution in [-0.4, -0.2) is 32.4 Å². The molecule has 0 bridgehead atoms. The molecule has 4 aromatic carbocycles. The first kappa shape index (κ1) is 29.1. The van der Waals surface area contributed by atoms with Gasteiger partial charge in [-0.05, 0) is 54.6 Å².